The fourth-order valence-corrected chi connectivity index (χ4v) is 1.90. The summed E-state index contributed by atoms with van der Waals surface area (Å²) < 4.78 is 5.13. The molecule has 15 heavy (non-hydrogen) atoms. The summed E-state index contributed by atoms with van der Waals surface area (Å²) in [5, 5.41) is 0. The largest absolute Gasteiger partial charge is 0.497 e. The van der Waals surface area contributed by atoms with Crippen LogP contribution in [0.1, 0.15) is 12.8 Å². The lowest BCUT2D eigenvalue weighted by molar-refractivity contribution is 0.415. The Morgan fingerprint density at radius 3 is 2.33 bits per heavy atom. The lowest BCUT2D eigenvalue weighted by Gasteiger charge is -2.29. The van der Waals surface area contributed by atoms with Crippen molar-refractivity contribution in [1.82, 2.24) is 0 Å². The Balaban J connectivity index is 2.15. The fraction of sp³-hybridized carbons (Fsp3) is 0.500. The molecule has 3 heteroatoms. The quantitative estimate of drug-likeness (QED) is 0.813. The van der Waals surface area contributed by atoms with Crippen LogP contribution in [0.5, 0.6) is 5.75 Å². The first-order chi connectivity index (χ1) is 7.22. The van der Waals surface area contributed by atoms with Gasteiger partial charge in [0, 0.05) is 19.3 Å². The van der Waals surface area contributed by atoms with E-state index in [4.69, 9.17) is 10.5 Å². The van der Waals surface area contributed by atoms with Crippen LogP contribution < -0.4 is 15.4 Å². The van der Waals surface area contributed by atoms with E-state index < -0.39 is 0 Å². The van der Waals surface area contributed by atoms with Crippen molar-refractivity contribution in [2.75, 3.05) is 25.6 Å². The molecule has 1 aromatic carbocycles. The topological polar surface area (TPSA) is 38.5 Å². The Bertz CT molecular complexity index is 330. The third kappa shape index (κ3) is 1.79. The summed E-state index contributed by atoms with van der Waals surface area (Å²) in [5.74, 6) is 0.893. The molecule has 0 atom stereocenters. The normalized spacial score (nSPS) is 17.3. The maximum Gasteiger partial charge on any atom is 0.119 e. The van der Waals surface area contributed by atoms with Crippen molar-refractivity contribution < 1.29 is 4.74 Å². The molecule has 3 nitrogen and oxygen atoms in total. The van der Waals surface area contributed by atoms with E-state index in [0.717, 1.165) is 12.3 Å². The van der Waals surface area contributed by atoms with Gasteiger partial charge in [0.2, 0.25) is 0 Å². The van der Waals surface area contributed by atoms with E-state index in [0.29, 0.717) is 0 Å². The molecule has 0 saturated heterocycles. The van der Waals surface area contributed by atoms with Crippen LogP contribution in [0.15, 0.2) is 24.3 Å². The average molecular weight is 206 g/mol. The molecule has 1 aliphatic carbocycles. The lowest BCUT2D eigenvalue weighted by atomic mass is 10.2. The van der Waals surface area contributed by atoms with Gasteiger partial charge in [0.1, 0.15) is 5.75 Å². The lowest BCUT2D eigenvalue weighted by Crippen LogP contribution is -2.40. The summed E-state index contributed by atoms with van der Waals surface area (Å²) in [6.07, 6.45) is 2.40. The molecule has 0 bridgehead atoms. The smallest absolute Gasteiger partial charge is 0.119 e. The molecule has 2 rings (SSSR count). The Kier molecular flexibility index (Phi) is 2.57. The van der Waals surface area contributed by atoms with Crippen molar-refractivity contribution in [3.63, 3.8) is 0 Å². The van der Waals surface area contributed by atoms with Gasteiger partial charge < -0.3 is 15.4 Å². The molecular weight excluding hydrogens is 188 g/mol. The molecule has 82 valence electrons. The first-order valence-corrected chi connectivity index (χ1v) is 5.30. The predicted octanol–water partition coefficient (Wildman–Crippen LogP) is 1.62. The summed E-state index contributed by atoms with van der Waals surface area (Å²) in [6, 6.07) is 8.12. The molecule has 1 saturated carbocycles. The molecule has 0 aliphatic heterocycles. The number of rotatable bonds is 4. The van der Waals surface area contributed by atoms with E-state index in [1.807, 2.05) is 12.1 Å². The minimum absolute atomic E-state index is 0.217. The highest BCUT2D eigenvalue weighted by molar-refractivity contribution is 5.52. The van der Waals surface area contributed by atoms with E-state index in [2.05, 4.69) is 24.1 Å². The Morgan fingerprint density at radius 1 is 1.33 bits per heavy atom. The van der Waals surface area contributed by atoms with Crippen LogP contribution in [0, 0.1) is 0 Å². The highest BCUT2D eigenvalue weighted by atomic mass is 16.5. The molecule has 1 aliphatic rings. The number of benzene rings is 1. The van der Waals surface area contributed by atoms with Crippen LogP contribution in [-0.2, 0) is 0 Å². The van der Waals surface area contributed by atoms with Crippen LogP contribution in [0.4, 0.5) is 5.69 Å². The molecule has 0 amide bonds. The molecule has 1 fully saturated rings. The van der Waals surface area contributed by atoms with Crippen LogP contribution in [0.2, 0.25) is 0 Å². The van der Waals surface area contributed by atoms with Gasteiger partial charge in [0.05, 0.1) is 12.6 Å². The summed E-state index contributed by atoms with van der Waals surface area (Å²) in [7, 11) is 3.79. The van der Waals surface area contributed by atoms with Crippen molar-refractivity contribution in [2.45, 2.75) is 18.4 Å². The zero-order chi connectivity index (χ0) is 10.9. The zero-order valence-corrected chi connectivity index (χ0v) is 9.36. The SMILES string of the molecule is COc1ccc(N(C)C2(CN)CC2)cc1. The van der Waals surface area contributed by atoms with Gasteiger partial charge in [-0.1, -0.05) is 0 Å². The number of ether oxygens (including phenoxy) is 1. The van der Waals surface area contributed by atoms with Crippen LogP contribution in [0.3, 0.4) is 0 Å². The summed E-state index contributed by atoms with van der Waals surface area (Å²) in [4.78, 5) is 2.28. The van der Waals surface area contributed by atoms with Gasteiger partial charge in [-0.25, -0.2) is 0 Å². The zero-order valence-electron chi connectivity index (χ0n) is 9.36. The molecule has 0 heterocycles. The van der Waals surface area contributed by atoms with Crippen LogP contribution in [-0.4, -0.2) is 26.2 Å². The molecule has 0 aromatic heterocycles. The molecule has 1 aromatic rings. The Morgan fingerprint density at radius 2 is 1.93 bits per heavy atom. The fourth-order valence-electron chi connectivity index (χ4n) is 1.90. The molecule has 0 radical (unpaired) electrons. The van der Waals surface area contributed by atoms with Crippen LogP contribution in [0.25, 0.3) is 0 Å². The number of nitrogens with zero attached hydrogens (tertiary/aromatic N) is 1. The molecule has 2 N–H and O–H groups in total. The van der Waals surface area contributed by atoms with E-state index in [-0.39, 0.29) is 5.54 Å². The van der Waals surface area contributed by atoms with E-state index in [1.165, 1.54) is 18.5 Å². The van der Waals surface area contributed by atoms with E-state index in [9.17, 15) is 0 Å². The number of hydrogen-bond donors (Lipinski definition) is 1. The van der Waals surface area contributed by atoms with Gasteiger partial charge in [-0.05, 0) is 37.1 Å². The standard InChI is InChI=1S/C12H18N2O/c1-14(12(9-13)7-8-12)10-3-5-11(15-2)6-4-10/h3-6H,7-9,13H2,1-2H3. The highest BCUT2D eigenvalue weighted by Crippen LogP contribution is 2.42. The molecule has 0 unspecified atom stereocenters. The van der Waals surface area contributed by atoms with Crippen molar-refractivity contribution in [3.8, 4) is 5.75 Å². The maximum absolute atomic E-state index is 5.80. The first kappa shape index (κ1) is 10.3. The van der Waals surface area contributed by atoms with Crippen molar-refractivity contribution >= 4 is 5.69 Å². The third-order valence-corrected chi connectivity index (χ3v) is 3.38. The Labute approximate surface area is 90.8 Å². The number of hydrogen-bond acceptors (Lipinski definition) is 3. The van der Waals surface area contributed by atoms with E-state index >= 15 is 0 Å². The number of nitrogens with two attached hydrogens (primary N) is 1. The maximum atomic E-state index is 5.80. The minimum atomic E-state index is 0.217. The van der Waals surface area contributed by atoms with Crippen molar-refractivity contribution in [2.24, 2.45) is 5.73 Å². The van der Waals surface area contributed by atoms with Gasteiger partial charge in [-0.15, -0.1) is 0 Å². The van der Waals surface area contributed by atoms with Gasteiger partial charge >= 0.3 is 0 Å². The summed E-state index contributed by atoms with van der Waals surface area (Å²) in [5.41, 5.74) is 7.22. The van der Waals surface area contributed by atoms with E-state index in [1.54, 1.807) is 7.11 Å². The second-order valence-electron chi connectivity index (χ2n) is 4.19. The van der Waals surface area contributed by atoms with Gasteiger partial charge in [0.25, 0.3) is 0 Å². The highest BCUT2D eigenvalue weighted by Gasteiger charge is 2.45. The predicted molar refractivity (Wildman–Crippen MR) is 62.4 cm³/mol. The van der Waals surface area contributed by atoms with Gasteiger partial charge in [-0.3, -0.25) is 0 Å². The second-order valence-corrected chi connectivity index (χ2v) is 4.19. The molecule has 0 spiro atoms. The van der Waals surface area contributed by atoms with Crippen LogP contribution >= 0.6 is 0 Å². The average Bonchev–Trinajstić information content (AvgIpc) is 3.09. The molecular formula is C12H18N2O. The third-order valence-electron chi connectivity index (χ3n) is 3.38. The number of likely N-dealkylation sites (N-methyl/N-ethyl adjacent to an activating group) is 1. The first-order valence-electron chi connectivity index (χ1n) is 5.30. The monoisotopic (exact) mass is 206 g/mol. The minimum Gasteiger partial charge on any atom is -0.497 e. The van der Waals surface area contributed by atoms with Gasteiger partial charge in [-0.2, -0.15) is 0 Å². The van der Waals surface area contributed by atoms with Gasteiger partial charge in [0.15, 0.2) is 0 Å². The van der Waals surface area contributed by atoms with Crippen molar-refractivity contribution in [1.29, 1.82) is 0 Å². The van der Waals surface area contributed by atoms with Crippen molar-refractivity contribution in [3.05, 3.63) is 24.3 Å². The Hall–Kier alpha value is -1.22. The summed E-state index contributed by atoms with van der Waals surface area (Å²) >= 11 is 0. The number of anilines is 1. The summed E-state index contributed by atoms with van der Waals surface area (Å²) in [6.45, 7) is 0.732. The number of methoxy groups -OCH3 is 1. The second kappa shape index (κ2) is 3.74.